The summed E-state index contributed by atoms with van der Waals surface area (Å²) in [6.45, 7) is 1.90. The molecule has 2 aromatic rings. The zero-order valence-electron chi connectivity index (χ0n) is 10.4. The molecule has 1 aromatic heterocycles. The van der Waals surface area contributed by atoms with Gasteiger partial charge in [0.2, 0.25) is 0 Å². The maximum Gasteiger partial charge on any atom is 0.435 e. The standard InChI is InChI=1S/C13H10F3NO2S/c1-7-2-4-8(5-3-7)6-9-17-11(13(14,15)16)10(20-9)12(18)19/h2-5H,6H2,1H3,(H,18,19). The SMILES string of the molecule is Cc1ccc(Cc2nc(C(F)(F)F)c(C(=O)O)s2)cc1. The predicted molar refractivity (Wildman–Crippen MR) is 68.1 cm³/mol. The zero-order chi connectivity index (χ0) is 14.9. The third-order valence-electron chi connectivity index (χ3n) is 2.61. The first-order valence-corrected chi connectivity index (χ1v) is 6.45. The smallest absolute Gasteiger partial charge is 0.435 e. The van der Waals surface area contributed by atoms with Gasteiger partial charge in [0, 0.05) is 6.42 Å². The Morgan fingerprint density at radius 1 is 1.30 bits per heavy atom. The quantitative estimate of drug-likeness (QED) is 0.939. The van der Waals surface area contributed by atoms with Crippen molar-refractivity contribution in [2.24, 2.45) is 0 Å². The van der Waals surface area contributed by atoms with Gasteiger partial charge in [-0.05, 0) is 12.5 Å². The molecule has 106 valence electrons. The average molecular weight is 301 g/mol. The lowest BCUT2D eigenvalue weighted by molar-refractivity contribution is -0.141. The minimum Gasteiger partial charge on any atom is -0.477 e. The molecule has 0 atom stereocenters. The van der Waals surface area contributed by atoms with Crippen LogP contribution in [0.2, 0.25) is 0 Å². The summed E-state index contributed by atoms with van der Waals surface area (Å²) in [6, 6.07) is 7.24. The van der Waals surface area contributed by atoms with Crippen molar-refractivity contribution in [2.45, 2.75) is 19.5 Å². The van der Waals surface area contributed by atoms with E-state index in [1.807, 2.05) is 19.1 Å². The highest BCUT2D eigenvalue weighted by Crippen LogP contribution is 2.34. The number of aromatic nitrogens is 1. The van der Waals surface area contributed by atoms with Gasteiger partial charge >= 0.3 is 12.1 Å². The highest BCUT2D eigenvalue weighted by atomic mass is 32.1. The monoisotopic (exact) mass is 301 g/mol. The van der Waals surface area contributed by atoms with Gasteiger partial charge < -0.3 is 5.11 Å². The van der Waals surface area contributed by atoms with Gasteiger partial charge in [0.25, 0.3) is 0 Å². The van der Waals surface area contributed by atoms with Crippen LogP contribution < -0.4 is 0 Å². The number of benzene rings is 1. The second-order valence-corrected chi connectivity index (χ2v) is 5.33. The number of alkyl halides is 3. The minimum atomic E-state index is -4.75. The highest BCUT2D eigenvalue weighted by molar-refractivity contribution is 7.13. The van der Waals surface area contributed by atoms with Gasteiger partial charge in [-0.3, -0.25) is 0 Å². The number of carboxylic acids is 1. The molecule has 0 aliphatic heterocycles. The van der Waals surface area contributed by atoms with E-state index in [-0.39, 0.29) is 11.4 Å². The van der Waals surface area contributed by atoms with Crippen molar-refractivity contribution in [3.63, 3.8) is 0 Å². The number of aromatic carboxylic acids is 1. The summed E-state index contributed by atoms with van der Waals surface area (Å²) in [7, 11) is 0. The zero-order valence-corrected chi connectivity index (χ0v) is 11.2. The molecule has 0 unspecified atom stereocenters. The van der Waals surface area contributed by atoms with E-state index in [2.05, 4.69) is 4.98 Å². The van der Waals surface area contributed by atoms with Crippen molar-refractivity contribution < 1.29 is 23.1 Å². The number of rotatable bonds is 3. The van der Waals surface area contributed by atoms with Crippen LogP contribution in [-0.2, 0) is 12.6 Å². The van der Waals surface area contributed by atoms with Gasteiger partial charge in [-0.1, -0.05) is 29.8 Å². The number of halogens is 3. The molecule has 0 saturated heterocycles. The van der Waals surface area contributed by atoms with Crippen molar-refractivity contribution in [3.8, 4) is 0 Å². The molecule has 0 aliphatic rings. The Bertz CT molecular complexity index is 632. The number of nitrogens with zero attached hydrogens (tertiary/aromatic N) is 1. The molecule has 0 amide bonds. The molecule has 2 rings (SSSR count). The maximum absolute atomic E-state index is 12.7. The number of carbonyl (C=O) groups is 1. The molecule has 0 fully saturated rings. The number of hydrogen-bond donors (Lipinski definition) is 1. The molecule has 7 heteroatoms. The van der Waals surface area contributed by atoms with Crippen LogP contribution >= 0.6 is 11.3 Å². The van der Waals surface area contributed by atoms with E-state index < -0.39 is 22.7 Å². The van der Waals surface area contributed by atoms with Crippen LogP contribution in [0.4, 0.5) is 13.2 Å². The van der Waals surface area contributed by atoms with E-state index in [4.69, 9.17) is 5.11 Å². The second-order valence-electron chi connectivity index (χ2n) is 4.25. The van der Waals surface area contributed by atoms with Crippen molar-refractivity contribution in [3.05, 3.63) is 51.0 Å². The molecule has 3 nitrogen and oxygen atoms in total. The average Bonchev–Trinajstić information content (AvgIpc) is 2.76. The summed E-state index contributed by atoms with van der Waals surface area (Å²) in [4.78, 5) is 13.5. The first-order chi connectivity index (χ1) is 9.27. The van der Waals surface area contributed by atoms with Crippen molar-refractivity contribution in [2.75, 3.05) is 0 Å². The predicted octanol–water partition coefficient (Wildman–Crippen LogP) is 3.76. The normalized spacial score (nSPS) is 11.6. The first-order valence-electron chi connectivity index (χ1n) is 5.63. The molecule has 1 N–H and O–H groups in total. The maximum atomic E-state index is 12.7. The van der Waals surface area contributed by atoms with Crippen molar-refractivity contribution in [1.29, 1.82) is 0 Å². The number of carboxylic acid groups (broad SMARTS) is 1. The molecule has 0 radical (unpaired) electrons. The van der Waals surface area contributed by atoms with Gasteiger partial charge in [0.05, 0.1) is 5.01 Å². The Labute approximate surface area is 116 Å². The van der Waals surface area contributed by atoms with Crippen molar-refractivity contribution >= 4 is 17.3 Å². The Balaban J connectivity index is 2.34. The van der Waals surface area contributed by atoms with Crippen LogP contribution in [0.1, 0.15) is 31.5 Å². The lowest BCUT2D eigenvalue weighted by Crippen LogP contribution is -2.11. The van der Waals surface area contributed by atoms with Gasteiger partial charge in [-0.2, -0.15) is 13.2 Å². The van der Waals surface area contributed by atoms with Crippen LogP contribution in [0.5, 0.6) is 0 Å². The van der Waals surface area contributed by atoms with Crippen LogP contribution in [-0.4, -0.2) is 16.1 Å². The Hall–Kier alpha value is -1.89. The molecule has 0 aliphatic carbocycles. The molecule has 1 aromatic carbocycles. The summed E-state index contributed by atoms with van der Waals surface area (Å²) >= 11 is 0.563. The fourth-order valence-corrected chi connectivity index (χ4v) is 2.61. The molecule has 0 spiro atoms. The fourth-order valence-electron chi connectivity index (χ4n) is 1.66. The first kappa shape index (κ1) is 14.5. The Morgan fingerprint density at radius 3 is 2.35 bits per heavy atom. The fraction of sp³-hybridized carbons (Fsp3) is 0.231. The van der Waals surface area contributed by atoms with Crippen LogP contribution in [0.3, 0.4) is 0 Å². The molecule has 0 bridgehead atoms. The number of hydrogen-bond acceptors (Lipinski definition) is 3. The van der Waals surface area contributed by atoms with Crippen LogP contribution in [0.15, 0.2) is 24.3 Å². The lowest BCUT2D eigenvalue weighted by Gasteiger charge is -2.02. The van der Waals surface area contributed by atoms with E-state index in [1.54, 1.807) is 12.1 Å². The number of aryl methyl sites for hydroxylation is 1. The van der Waals surface area contributed by atoms with E-state index in [0.29, 0.717) is 11.3 Å². The van der Waals surface area contributed by atoms with E-state index in [0.717, 1.165) is 11.1 Å². The van der Waals surface area contributed by atoms with E-state index in [9.17, 15) is 18.0 Å². The molecule has 0 saturated carbocycles. The Kier molecular flexibility index (Phi) is 3.80. The molecule has 1 heterocycles. The summed E-state index contributed by atoms with van der Waals surface area (Å²) in [5.74, 6) is -1.61. The van der Waals surface area contributed by atoms with E-state index >= 15 is 0 Å². The summed E-state index contributed by atoms with van der Waals surface area (Å²) in [6.07, 6.45) is -4.57. The summed E-state index contributed by atoms with van der Waals surface area (Å²) in [5.41, 5.74) is 0.502. The van der Waals surface area contributed by atoms with Crippen LogP contribution in [0.25, 0.3) is 0 Å². The second kappa shape index (κ2) is 5.24. The lowest BCUT2D eigenvalue weighted by atomic mass is 10.1. The molecule has 20 heavy (non-hydrogen) atoms. The highest BCUT2D eigenvalue weighted by Gasteiger charge is 2.39. The minimum absolute atomic E-state index is 0.138. The largest absolute Gasteiger partial charge is 0.477 e. The van der Waals surface area contributed by atoms with Gasteiger partial charge in [0.1, 0.15) is 4.88 Å². The topological polar surface area (TPSA) is 50.2 Å². The molecular weight excluding hydrogens is 291 g/mol. The van der Waals surface area contributed by atoms with Gasteiger partial charge in [-0.25, -0.2) is 9.78 Å². The Morgan fingerprint density at radius 2 is 1.90 bits per heavy atom. The van der Waals surface area contributed by atoms with Gasteiger partial charge in [0.15, 0.2) is 5.69 Å². The summed E-state index contributed by atoms with van der Waals surface area (Å²) in [5, 5.41) is 8.95. The van der Waals surface area contributed by atoms with Gasteiger partial charge in [-0.15, -0.1) is 11.3 Å². The van der Waals surface area contributed by atoms with Crippen LogP contribution in [0, 0.1) is 6.92 Å². The third-order valence-corrected chi connectivity index (χ3v) is 3.65. The van der Waals surface area contributed by atoms with Crippen molar-refractivity contribution in [1.82, 2.24) is 4.98 Å². The molecular formula is C13H10F3NO2S. The van der Waals surface area contributed by atoms with E-state index in [1.165, 1.54) is 0 Å². The summed E-state index contributed by atoms with van der Waals surface area (Å²) < 4.78 is 38.1. The third kappa shape index (κ3) is 3.16. The number of thiazole rings is 1.